The first-order valence-electron chi connectivity index (χ1n) is 11.8. The number of primary amides is 1. The van der Waals surface area contributed by atoms with Crippen molar-refractivity contribution in [3.8, 4) is 0 Å². The average molecular weight is 401 g/mol. The number of ketones is 1. The molecule has 4 aliphatic rings. The summed E-state index contributed by atoms with van der Waals surface area (Å²) in [5.74, 6) is 1.71. The topological polar surface area (TPSA) is 86.2 Å². The van der Waals surface area contributed by atoms with Crippen LogP contribution >= 0.6 is 0 Å². The van der Waals surface area contributed by atoms with Gasteiger partial charge in [0.05, 0.1) is 0 Å². The van der Waals surface area contributed by atoms with E-state index in [9.17, 15) is 9.59 Å². The van der Waals surface area contributed by atoms with Crippen molar-refractivity contribution in [2.45, 2.75) is 85.5 Å². The summed E-state index contributed by atoms with van der Waals surface area (Å²) in [6.07, 6.45) is 9.90. The first-order chi connectivity index (χ1) is 13.5. The van der Waals surface area contributed by atoms with E-state index in [4.69, 9.17) is 11.5 Å². The maximum atomic E-state index is 13.5. The van der Waals surface area contributed by atoms with Crippen molar-refractivity contribution < 1.29 is 9.59 Å². The second-order valence-corrected chi connectivity index (χ2v) is 11.8. The minimum Gasteiger partial charge on any atom is -0.370 e. The molecule has 0 aromatic heterocycles. The van der Waals surface area contributed by atoms with Crippen molar-refractivity contribution in [2.75, 3.05) is 6.54 Å². The smallest absolute Gasteiger partial charge is 0.218 e. The van der Waals surface area contributed by atoms with Gasteiger partial charge in [0.25, 0.3) is 0 Å². The summed E-state index contributed by atoms with van der Waals surface area (Å²) in [6.45, 7) is 9.58. The highest BCUT2D eigenvalue weighted by Gasteiger charge is 2.59. The number of nitrogens with two attached hydrogens (primary N) is 2. The fourth-order valence-corrected chi connectivity index (χ4v) is 8.19. The lowest BCUT2D eigenvalue weighted by molar-refractivity contribution is -0.130. The first kappa shape index (κ1) is 21.1. The Morgan fingerprint density at radius 2 is 1.86 bits per heavy atom. The van der Waals surface area contributed by atoms with E-state index in [0.717, 1.165) is 30.3 Å². The van der Waals surface area contributed by atoms with E-state index in [1.807, 2.05) is 0 Å². The number of carbonyl (C=O) groups is 2. The monoisotopic (exact) mass is 400 g/mol. The summed E-state index contributed by atoms with van der Waals surface area (Å²) in [5, 5.41) is 0. The van der Waals surface area contributed by atoms with Gasteiger partial charge in [-0.2, -0.15) is 0 Å². The Labute approximate surface area is 176 Å². The van der Waals surface area contributed by atoms with E-state index < -0.39 is 0 Å². The van der Waals surface area contributed by atoms with Crippen LogP contribution in [0.1, 0.15) is 85.5 Å². The molecule has 4 rings (SSSR count). The fraction of sp³-hybridized carbons (Fsp3) is 0.840. The Hall–Kier alpha value is -1.16. The van der Waals surface area contributed by atoms with Crippen LogP contribution in [-0.4, -0.2) is 18.2 Å². The van der Waals surface area contributed by atoms with Gasteiger partial charge in [0.15, 0.2) is 5.78 Å². The molecule has 0 radical (unpaired) electrons. The molecule has 4 heteroatoms. The van der Waals surface area contributed by atoms with Crippen LogP contribution < -0.4 is 11.5 Å². The Balaban J connectivity index is 1.80. The summed E-state index contributed by atoms with van der Waals surface area (Å²) < 4.78 is 0. The number of hydrogen-bond acceptors (Lipinski definition) is 3. The van der Waals surface area contributed by atoms with Crippen LogP contribution in [0.5, 0.6) is 0 Å². The molecule has 6 atom stereocenters. The van der Waals surface area contributed by atoms with Crippen molar-refractivity contribution in [3.63, 3.8) is 0 Å². The minimum absolute atomic E-state index is 0.00262. The molecule has 1 amide bonds. The molecule has 0 aliphatic heterocycles. The first-order valence-corrected chi connectivity index (χ1v) is 11.8. The number of Topliss-reactive ketones (excluding diaryl/α,β-unsaturated/α-hetero) is 1. The molecule has 0 spiro atoms. The third-order valence-corrected chi connectivity index (χ3v) is 9.68. The van der Waals surface area contributed by atoms with E-state index in [2.05, 4.69) is 27.7 Å². The molecule has 0 saturated heterocycles. The zero-order chi connectivity index (χ0) is 21.2. The highest BCUT2D eigenvalue weighted by Crippen LogP contribution is 2.67. The Morgan fingerprint density at radius 3 is 2.52 bits per heavy atom. The molecule has 3 fully saturated rings. The van der Waals surface area contributed by atoms with Crippen LogP contribution in [0, 0.1) is 39.9 Å². The minimum atomic E-state index is -0.361. The predicted molar refractivity (Wildman–Crippen MR) is 116 cm³/mol. The van der Waals surface area contributed by atoms with Crippen LogP contribution in [0.25, 0.3) is 0 Å². The number of amides is 1. The largest absolute Gasteiger partial charge is 0.370 e. The van der Waals surface area contributed by atoms with E-state index in [0.29, 0.717) is 17.9 Å². The molecule has 0 bridgehead atoms. The molecule has 4 nitrogen and oxygen atoms in total. The Morgan fingerprint density at radius 1 is 1.14 bits per heavy atom. The fourth-order valence-electron chi connectivity index (χ4n) is 8.19. The third-order valence-electron chi connectivity index (χ3n) is 9.68. The van der Waals surface area contributed by atoms with Crippen molar-refractivity contribution in [3.05, 3.63) is 11.1 Å². The standard InChI is InChI=1S/C25H40N2O2/c1-23(2,14-26)21-19-8-7-16-17-6-5-10-24(17,3)11-9-18(16)25(19,4)13-15(22(21)29)12-20(27)28/h15-18H,5-14,26H2,1-4H3,(H2,27,28)/t15?,16-,17-,18+,24-,25+/m0/s1. The van der Waals surface area contributed by atoms with Crippen LogP contribution in [0.15, 0.2) is 11.1 Å². The number of allylic oxidation sites excluding steroid dienone is 1. The van der Waals surface area contributed by atoms with Crippen LogP contribution in [0.2, 0.25) is 0 Å². The molecular formula is C25H40N2O2. The molecule has 0 aromatic carbocycles. The van der Waals surface area contributed by atoms with Crippen molar-refractivity contribution >= 4 is 11.7 Å². The number of hydrogen-bond donors (Lipinski definition) is 2. The maximum absolute atomic E-state index is 13.5. The molecule has 29 heavy (non-hydrogen) atoms. The van der Waals surface area contributed by atoms with Crippen molar-refractivity contribution in [1.29, 1.82) is 0 Å². The number of rotatable bonds is 4. The quantitative estimate of drug-likeness (QED) is 0.735. The highest BCUT2D eigenvalue weighted by molar-refractivity contribution is 6.02. The highest BCUT2D eigenvalue weighted by atomic mass is 16.1. The van der Waals surface area contributed by atoms with E-state index in [1.165, 1.54) is 44.1 Å². The van der Waals surface area contributed by atoms with Gasteiger partial charge >= 0.3 is 0 Å². The summed E-state index contributed by atoms with van der Waals surface area (Å²) in [6, 6.07) is 0. The summed E-state index contributed by atoms with van der Waals surface area (Å²) in [7, 11) is 0. The van der Waals surface area contributed by atoms with E-state index >= 15 is 0 Å². The molecule has 0 aromatic rings. The van der Waals surface area contributed by atoms with Gasteiger partial charge in [-0.3, -0.25) is 9.59 Å². The molecule has 4 aliphatic carbocycles. The molecule has 4 N–H and O–H groups in total. The average Bonchev–Trinajstić information content (AvgIpc) is 3.04. The number of carbonyl (C=O) groups excluding carboxylic acids is 2. The second kappa shape index (κ2) is 6.93. The second-order valence-electron chi connectivity index (χ2n) is 11.8. The zero-order valence-electron chi connectivity index (χ0n) is 18.9. The zero-order valence-corrected chi connectivity index (χ0v) is 18.9. The lowest BCUT2D eigenvalue weighted by atomic mass is 9.45. The van der Waals surface area contributed by atoms with Crippen molar-refractivity contribution in [2.24, 2.45) is 51.4 Å². The molecule has 1 unspecified atom stereocenters. The molecule has 0 heterocycles. The third kappa shape index (κ3) is 3.12. The van der Waals surface area contributed by atoms with Gasteiger partial charge in [-0.25, -0.2) is 0 Å². The van der Waals surface area contributed by atoms with Gasteiger partial charge in [0.1, 0.15) is 0 Å². The summed E-state index contributed by atoms with van der Waals surface area (Å²) in [5.41, 5.74) is 14.2. The van der Waals surface area contributed by atoms with Crippen LogP contribution in [0.3, 0.4) is 0 Å². The Bertz CT molecular complexity index is 754. The Kier molecular flexibility index (Phi) is 5.04. The van der Waals surface area contributed by atoms with Crippen LogP contribution in [-0.2, 0) is 9.59 Å². The molecule has 162 valence electrons. The van der Waals surface area contributed by atoms with Crippen molar-refractivity contribution in [1.82, 2.24) is 0 Å². The summed E-state index contributed by atoms with van der Waals surface area (Å²) in [4.78, 5) is 25.3. The molecular weight excluding hydrogens is 360 g/mol. The summed E-state index contributed by atoms with van der Waals surface area (Å²) >= 11 is 0. The number of fused-ring (bicyclic) bond motifs is 5. The van der Waals surface area contributed by atoms with E-state index in [1.54, 1.807) is 0 Å². The van der Waals surface area contributed by atoms with Gasteiger partial charge in [0.2, 0.25) is 5.91 Å². The lowest BCUT2D eigenvalue weighted by Crippen LogP contribution is -2.53. The molecule has 3 saturated carbocycles. The van der Waals surface area contributed by atoms with Gasteiger partial charge < -0.3 is 11.5 Å². The van der Waals surface area contributed by atoms with Gasteiger partial charge in [-0.05, 0) is 73.5 Å². The maximum Gasteiger partial charge on any atom is 0.218 e. The van der Waals surface area contributed by atoms with Gasteiger partial charge in [-0.15, -0.1) is 0 Å². The predicted octanol–water partition coefficient (Wildman–Crippen LogP) is 4.37. The normalized spacial score (nSPS) is 42.3. The van der Waals surface area contributed by atoms with Gasteiger partial charge in [0, 0.05) is 29.9 Å². The van der Waals surface area contributed by atoms with E-state index in [-0.39, 0.29) is 34.9 Å². The van der Waals surface area contributed by atoms with Gasteiger partial charge in [-0.1, -0.05) is 39.7 Å². The SMILES string of the molecule is CC(C)(CN)C1=C2CC[C@@H]3[C@@H](CC[C@]4(C)CCC[C@@H]34)[C@@]2(C)CC(CC(N)=O)C1=O. The van der Waals surface area contributed by atoms with Crippen LogP contribution in [0.4, 0.5) is 0 Å². The lowest BCUT2D eigenvalue weighted by Gasteiger charge is -2.59.